The topological polar surface area (TPSA) is 32.3 Å². The molecule has 1 rings (SSSR count). The number of benzene rings is 1. The zero-order chi connectivity index (χ0) is 11.6. The Morgan fingerprint density at radius 1 is 1.25 bits per heavy atom. The maximum atomic E-state index is 9.81. The lowest BCUT2D eigenvalue weighted by atomic mass is 10.1. The van der Waals surface area contributed by atoms with Crippen LogP contribution in [0.2, 0.25) is 0 Å². The number of rotatable bonds is 2. The van der Waals surface area contributed by atoms with Gasteiger partial charge in [-0.25, -0.2) is 0 Å². The zero-order valence-electron chi connectivity index (χ0n) is 9.47. The quantitative estimate of drug-likeness (QED) is 0.813. The van der Waals surface area contributed by atoms with Gasteiger partial charge in [0.2, 0.25) is 0 Å². The highest BCUT2D eigenvalue weighted by Crippen LogP contribution is 2.31. The lowest BCUT2D eigenvalue weighted by molar-refractivity contribution is 0.411. The third-order valence-electron chi connectivity index (χ3n) is 1.92. The Balaban J connectivity index is 0.00000225. The SMILES string of the molecule is CC(C)(C)NCc1cc(Br)cc(Br)c1O.Cl. The molecule has 1 aromatic carbocycles. The molecule has 1 aromatic rings. The standard InChI is InChI=1S/C11H15Br2NO.ClH/c1-11(2,3)14-6-7-4-8(12)5-9(13)10(7)15;/h4-5,14-15H,6H2,1-3H3;1H. The lowest BCUT2D eigenvalue weighted by Crippen LogP contribution is -2.35. The summed E-state index contributed by atoms with van der Waals surface area (Å²) in [5, 5.41) is 13.1. The van der Waals surface area contributed by atoms with Gasteiger partial charge in [0.05, 0.1) is 4.47 Å². The van der Waals surface area contributed by atoms with Crippen molar-refractivity contribution in [2.24, 2.45) is 0 Å². The Morgan fingerprint density at radius 2 is 1.81 bits per heavy atom. The minimum absolute atomic E-state index is 0. The molecule has 92 valence electrons. The number of hydrogen-bond donors (Lipinski definition) is 2. The highest BCUT2D eigenvalue weighted by atomic mass is 79.9. The Morgan fingerprint density at radius 3 is 2.31 bits per heavy atom. The average Bonchev–Trinajstić information content (AvgIpc) is 2.07. The van der Waals surface area contributed by atoms with Gasteiger partial charge in [-0.3, -0.25) is 0 Å². The third kappa shape index (κ3) is 5.04. The summed E-state index contributed by atoms with van der Waals surface area (Å²) in [7, 11) is 0. The van der Waals surface area contributed by atoms with Crippen LogP contribution in [0.4, 0.5) is 0 Å². The van der Waals surface area contributed by atoms with Gasteiger partial charge in [-0.15, -0.1) is 12.4 Å². The van der Waals surface area contributed by atoms with Gasteiger partial charge in [-0.2, -0.15) is 0 Å². The number of phenols is 1. The fourth-order valence-corrected chi connectivity index (χ4v) is 2.43. The van der Waals surface area contributed by atoms with Crippen molar-refractivity contribution < 1.29 is 5.11 Å². The number of hydrogen-bond acceptors (Lipinski definition) is 2. The maximum Gasteiger partial charge on any atom is 0.134 e. The molecule has 0 saturated carbocycles. The molecule has 0 aliphatic rings. The molecule has 0 bridgehead atoms. The van der Waals surface area contributed by atoms with Crippen LogP contribution < -0.4 is 5.32 Å². The van der Waals surface area contributed by atoms with E-state index < -0.39 is 0 Å². The summed E-state index contributed by atoms with van der Waals surface area (Å²) in [6.07, 6.45) is 0. The average molecular weight is 374 g/mol. The summed E-state index contributed by atoms with van der Waals surface area (Å²) in [6, 6.07) is 3.74. The van der Waals surface area contributed by atoms with E-state index in [2.05, 4.69) is 57.9 Å². The minimum atomic E-state index is 0. The van der Waals surface area contributed by atoms with Gasteiger partial charge in [0.15, 0.2) is 0 Å². The molecular formula is C11H16Br2ClNO. The van der Waals surface area contributed by atoms with E-state index in [0.717, 1.165) is 10.0 Å². The lowest BCUT2D eigenvalue weighted by Gasteiger charge is -2.21. The van der Waals surface area contributed by atoms with Gasteiger partial charge in [0.25, 0.3) is 0 Å². The van der Waals surface area contributed by atoms with Gasteiger partial charge in [-0.1, -0.05) is 15.9 Å². The monoisotopic (exact) mass is 371 g/mol. The Labute approximate surface area is 119 Å². The van der Waals surface area contributed by atoms with Gasteiger partial charge in [-0.05, 0) is 48.8 Å². The number of halogens is 3. The molecule has 2 N–H and O–H groups in total. The Bertz CT molecular complexity index is 364. The maximum absolute atomic E-state index is 9.81. The molecule has 0 aliphatic heterocycles. The molecule has 0 aliphatic carbocycles. The number of nitrogens with one attached hydrogen (secondary N) is 1. The molecule has 16 heavy (non-hydrogen) atoms. The van der Waals surface area contributed by atoms with E-state index in [9.17, 15) is 5.11 Å². The molecule has 0 heterocycles. The summed E-state index contributed by atoms with van der Waals surface area (Å²) in [4.78, 5) is 0. The van der Waals surface area contributed by atoms with Crippen LogP contribution in [-0.4, -0.2) is 10.6 Å². The van der Waals surface area contributed by atoms with E-state index in [1.165, 1.54) is 0 Å². The van der Waals surface area contributed by atoms with E-state index in [0.29, 0.717) is 16.8 Å². The summed E-state index contributed by atoms with van der Waals surface area (Å²) >= 11 is 6.71. The molecule has 5 heteroatoms. The molecule has 0 unspecified atom stereocenters. The van der Waals surface area contributed by atoms with Gasteiger partial charge in [0.1, 0.15) is 5.75 Å². The second-order valence-corrected chi connectivity index (χ2v) is 6.27. The van der Waals surface area contributed by atoms with Crippen LogP contribution >= 0.6 is 44.3 Å². The van der Waals surface area contributed by atoms with E-state index >= 15 is 0 Å². The smallest absolute Gasteiger partial charge is 0.134 e. The fourth-order valence-electron chi connectivity index (χ4n) is 1.11. The fraction of sp³-hybridized carbons (Fsp3) is 0.455. The van der Waals surface area contributed by atoms with Crippen LogP contribution in [0.1, 0.15) is 26.3 Å². The molecule has 0 spiro atoms. The second kappa shape index (κ2) is 6.24. The highest BCUT2D eigenvalue weighted by Gasteiger charge is 2.12. The predicted octanol–water partition coefficient (Wildman–Crippen LogP) is 4.23. The van der Waals surface area contributed by atoms with Crippen LogP contribution in [0.5, 0.6) is 5.75 Å². The summed E-state index contributed by atoms with van der Waals surface area (Å²) in [5.41, 5.74) is 0.924. The van der Waals surface area contributed by atoms with Crippen molar-refractivity contribution in [2.75, 3.05) is 0 Å². The zero-order valence-corrected chi connectivity index (χ0v) is 13.5. The van der Waals surface area contributed by atoms with Gasteiger partial charge >= 0.3 is 0 Å². The molecule has 0 aromatic heterocycles. The summed E-state index contributed by atoms with van der Waals surface area (Å²) in [5.74, 6) is 0.301. The normalized spacial score (nSPS) is 11.1. The number of phenolic OH excluding ortho intramolecular Hbond substituents is 1. The van der Waals surface area contributed by atoms with Gasteiger partial charge < -0.3 is 10.4 Å². The van der Waals surface area contributed by atoms with Crippen LogP contribution in [0.25, 0.3) is 0 Å². The first-order valence-corrected chi connectivity index (χ1v) is 6.30. The molecule has 0 fully saturated rings. The van der Waals surface area contributed by atoms with E-state index in [1.807, 2.05) is 12.1 Å². The van der Waals surface area contributed by atoms with Crippen LogP contribution in [-0.2, 0) is 6.54 Å². The van der Waals surface area contributed by atoms with Gasteiger partial charge in [0, 0.05) is 22.1 Å². The van der Waals surface area contributed by atoms with Crippen molar-refractivity contribution in [3.05, 3.63) is 26.6 Å². The second-order valence-electron chi connectivity index (χ2n) is 4.50. The van der Waals surface area contributed by atoms with Crippen molar-refractivity contribution in [2.45, 2.75) is 32.9 Å². The Hall–Kier alpha value is 0.230. The van der Waals surface area contributed by atoms with Crippen molar-refractivity contribution in [1.82, 2.24) is 5.32 Å². The van der Waals surface area contributed by atoms with Crippen molar-refractivity contribution in [1.29, 1.82) is 0 Å². The highest BCUT2D eigenvalue weighted by molar-refractivity contribution is 9.11. The van der Waals surface area contributed by atoms with E-state index in [-0.39, 0.29) is 17.9 Å². The molecule has 0 amide bonds. The predicted molar refractivity (Wildman–Crippen MR) is 77.3 cm³/mol. The largest absolute Gasteiger partial charge is 0.506 e. The van der Waals surface area contributed by atoms with E-state index in [1.54, 1.807) is 0 Å². The molecule has 2 nitrogen and oxygen atoms in total. The van der Waals surface area contributed by atoms with Crippen molar-refractivity contribution in [3.63, 3.8) is 0 Å². The Kier molecular flexibility index (Phi) is 6.33. The summed E-state index contributed by atoms with van der Waals surface area (Å²) < 4.78 is 1.67. The number of aromatic hydroxyl groups is 1. The van der Waals surface area contributed by atoms with Crippen LogP contribution in [0.3, 0.4) is 0 Å². The first-order valence-electron chi connectivity index (χ1n) is 4.71. The molecular weight excluding hydrogens is 357 g/mol. The first-order chi connectivity index (χ1) is 6.79. The van der Waals surface area contributed by atoms with E-state index in [4.69, 9.17) is 0 Å². The first kappa shape index (κ1) is 16.2. The molecule has 0 atom stereocenters. The van der Waals surface area contributed by atoms with Crippen LogP contribution in [0, 0.1) is 0 Å². The molecule has 0 radical (unpaired) electrons. The minimum Gasteiger partial charge on any atom is -0.506 e. The van der Waals surface area contributed by atoms with Crippen molar-refractivity contribution in [3.8, 4) is 5.75 Å². The van der Waals surface area contributed by atoms with Crippen molar-refractivity contribution >= 4 is 44.3 Å². The third-order valence-corrected chi connectivity index (χ3v) is 2.98. The molecule has 0 saturated heterocycles. The van der Waals surface area contributed by atoms with Crippen LogP contribution in [0.15, 0.2) is 21.1 Å². The summed E-state index contributed by atoms with van der Waals surface area (Å²) in [6.45, 7) is 6.93.